The van der Waals surface area contributed by atoms with E-state index in [-0.39, 0.29) is 0 Å². The molecule has 0 spiro atoms. The van der Waals surface area contributed by atoms with Gasteiger partial charge in [0.15, 0.2) is 0 Å². The molecule has 90 valence electrons. The van der Waals surface area contributed by atoms with Crippen LogP contribution in [0.25, 0.3) is 10.8 Å². The van der Waals surface area contributed by atoms with Crippen molar-refractivity contribution in [3.8, 4) is 0 Å². The van der Waals surface area contributed by atoms with Crippen LogP contribution in [0.5, 0.6) is 0 Å². The lowest BCUT2D eigenvalue weighted by Crippen LogP contribution is -1.67. The number of rotatable bonds is 0. The molecule has 0 radical (unpaired) electrons. The molecule has 2 rings (SSSR count). The second-order valence-corrected chi connectivity index (χ2v) is 2.35. The maximum atomic E-state index is 2.12. The fourth-order valence-corrected chi connectivity index (χ4v) is 1.13. The lowest BCUT2D eigenvalue weighted by Gasteiger charge is -1.92. The molecule has 0 saturated heterocycles. The molecule has 0 N–H and O–H groups in total. The van der Waals surface area contributed by atoms with Gasteiger partial charge < -0.3 is 0 Å². The minimum Gasteiger partial charge on any atom is -0.0683 e. The summed E-state index contributed by atoms with van der Waals surface area (Å²) in [5.41, 5.74) is 0. The summed E-state index contributed by atoms with van der Waals surface area (Å²) in [6.07, 6.45) is 0. The van der Waals surface area contributed by atoms with E-state index in [1.807, 2.05) is 41.5 Å². The van der Waals surface area contributed by atoms with Gasteiger partial charge >= 0.3 is 0 Å². The van der Waals surface area contributed by atoms with E-state index in [9.17, 15) is 0 Å². The molecule has 0 saturated carbocycles. The number of benzene rings is 2. The summed E-state index contributed by atoms with van der Waals surface area (Å²) < 4.78 is 0. The number of hydrogen-bond donors (Lipinski definition) is 0. The molecule has 0 unspecified atom stereocenters. The number of fused-ring (bicyclic) bond motifs is 1. The van der Waals surface area contributed by atoms with Crippen LogP contribution in [0, 0.1) is 0 Å². The van der Waals surface area contributed by atoms with E-state index in [1.54, 1.807) is 0 Å². The Labute approximate surface area is 101 Å². The normalized spacial score (nSPS) is 7.38. The second kappa shape index (κ2) is 13.7. The van der Waals surface area contributed by atoms with E-state index in [4.69, 9.17) is 0 Å². The van der Waals surface area contributed by atoms with E-state index in [0.29, 0.717) is 0 Å². The lowest BCUT2D eigenvalue weighted by molar-refractivity contribution is 1.50. The summed E-state index contributed by atoms with van der Waals surface area (Å²) in [5, 5.41) is 2.62. The molecular formula is C16H26. The fraction of sp³-hybridized carbons (Fsp3) is 0.375. The van der Waals surface area contributed by atoms with Gasteiger partial charge in [-0.25, -0.2) is 0 Å². The monoisotopic (exact) mass is 218 g/mol. The second-order valence-electron chi connectivity index (χ2n) is 2.35. The van der Waals surface area contributed by atoms with Gasteiger partial charge in [-0.1, -0.05) is 90.1 Å². The molecular weight excluding hydrogens is 192 g/mol. The zero-order valence-corrected chi connectivity index (χ0v) is 11.6. The standard InChI is InChI=1S/C10H8.3C2H6/c1-2-6-10-8-4-3-7-9(10)5-1;3*1-2/h1-8H;3*1-2H3. The summed E-state index contributed by atoms with van der Waals surface area (Å²) in [7, 11) is 0. The molecule has 0 nitrogen and oxygen atoms in total. The summed E-state index contributed by atoms with van der Waals surface area (Å²) in [5.74, 6) is 0. The van der Waals surface area contributed by atoms with Crippen molar-refractivity contribution in [3.05, 3.63) is 48.5 Å². The average molecular weight is 218 g/mol. The minimum atomic E-state index is 1.31. The Bertz CT molecular complexity index is 271. The summed E-state index contributed by atoms with van der Waals surface area (Å²) in [6, 6.07) is 16.7. The third-order valence-corrected chi connectivity index (χ3v) is 1.66. The topological polar surface area (TPSA) is 0 Å². The van der Waals surface area contributed by atoms with Crippen LogP contribution in [-0.2, 0) is 0 Å². The first-order valence-electron chi connectivity index (χ1n) is 6.40. The van der Waals surface area contributed by atoms with Crippen molar-refractivity contribution < 1.29 is 0 Å². The highest BCUT2D eigenvalue weighted by atomic mass is 13.9. The third kappa shape index (κ3) is 6.23. The molecule has 0 amide bonds. The Hall–Kier alpha value is -1.30. The predicted octanol–water partition coefficient (Wildman–Crippen LogP) is 5.92. The van der Waals surface area contributed by atoms with Crippen LogP contribution >= 0.6 is 0 Å². The zero-order valence-electron chi connectivity index (χ0n) is 11.6. The fourth-order valence-electron chi connectivity index (χ4n) is 1.13. The van der Waals surface area contributed by atoms with Crippen molar-refractivity contribution in [2.75, 3.05) is 0 Å². The quantitative estimate of drug-likeness (QED) is 0.515. The average Bonchev–Trinajstić information content (AvgIpc) is 2.45. The van der Waals surface area contributed by atoms with E-state index < -0.39 is 0 Å². The van der Waals surface area contributed by atoms with Crippen LogP contribution in [0.15, 0.2) is 48.5 Å². The first kappa shape index (κ1) is 17.1. The van der Waals surface area contributed by atoms with Gasteiger partial charge in [0.25, 0.3) is 0 Å². The smallest absolute Gasteiger partial charge is 0.0184 e. The molecule has 0 aliphatic heterocycles. The van der Waals surface area contributed by atoms with E-state index >= 15 is 0 Å². The van der Waals surface area contributed by atoms with Crippen molar-refractivity contribution in [3.63, 3.8) is 0 Å². The van der Waals surface area contributed by atoms with Crippen LogP contribution < -0.4 is 0 Å². The molecule has 16 heavy (non-hydrogen) atoms. The molecule has 2 aromatic carbocycles. The predicted molar refractivity (Wildman–Crippen MR) is 78.0 cm³/mol. The minimum absolute atomic E-state index is 1.31. The maximum absolute atomic E-state index is 2.12. The van der Waals surface area contributed by atoms with Crippen molar-refractivity contribution >= 4 is 10.8 Å². The Morgan fingerprint density at radius 2 is 0.625 bits per heavy atom. The van der Waals surface area contributed by atoms with Gasteiger partial charge in [0.1, 0.15) is 0 Å². The molecule has 0 heteroatoms. The summed E-state index contributed by atoms with van der Waals surface area (Å²) in [6.45, 7) is 12.0. The molecule has 0 fully saturated rings. The van der Waals surface area contributed by atoms with Crippen LogP contribution in [0.3, 0.4) is 0 Å². The highest BCUT2D eigenvalue weighted by molar-refractivity contribution is 5.81. The lowest BCUT2D eigenvalue weighted by atomic mass is 10.1. The molecule has 2 aromatic rings. The van der Waals surface area contributed by atoms with Crippen molar-refractivity contribution in [2.24, 2.45) is 0 Å². The Kier molecular flexibility index (Phi) is 14.6. The first-order chi connectivity index (χ1) is 7.97. The van der Waals surface area contributed by atoms with E-state index in [2.05, 4.69) is 48.5 Å². The molecule has 0 aromatic heterocycles. The Morgan fingerprint density at radius 3 is 0.812 bits per heavy atom. The summed E-state index contributed by atoms with van der Waals surface area (Å²) in [4.78, 5) is 0. The van der Waals surface area contributed by atoms with Gasteiger partial charge in [0, 0.05) is 0 Å². The molecule has 0 atom stereocenters. The number of hydrogen-bond acceptors (Lipinski definition) is 0. The van der Waals surface area contributed by atoms with Gasteiger partial charge in [-0.2, -0.15) is 0 Å². The van der Waals surface area contributed by atoms with Gasteiger partial charge in [0.05, 0.1) is 0 Å². The van der Waals surface area contributed by atoms with Gasteiger partial charge in [-0.05, 0) is 10.8 Å². The SMILES string of the molecule is CC.CC.CC.c1ccc2ccccc2c1. The van der Waals surface area contributed by atoms with Crippen LogP contribution in [0.1, 0.15) is 41.5 Å². The highest BCUT2D eigenvalue weighted by Gasteiger charge is 1.85. The molecule has 0 bridgehead atoms. The van der Waals surface area contributed by atoms with Crippen molar-refractivity contribution in [1.82, 2.24) is 0 Å². The highest BCUT2D eigenvalue weighted by Crippen LogP contribution is 2.11. The van der Waals surface area contributed by atoms with E-state index in [0.717, 1.165) is 0 Å². The van der Waals surface area contributed by atoms with Gasteiger partial charge in [0.2, 0.25) is 0 Å². The molecule has 0 aliphatic rings. The van der Waals surface area contributed by atoms with Crippen LogP contribution in [0.4, 0.5) is 0 Å². The Balaban J connectivity index is 0. The van der Waals surface area contributed by atoms with Gasteiger partial charge in [-0.3, -0.25) is 0 Å². The third-order valence-electron chi connectivity index (χ3n) is 1.66. The zero-order chi connectivity index (χ0) is 12.8. The van der Waals surface area contributed by atoms with Crippen LogP contribution in [0.2, 0.25) is 0 Å². The molecule has 0 aliphatic carbocycles. The van der Waals surface area contributed by atoms with Crippen LogP contribution in [-0.4, -0.2) is 0 Å². The summed E-state index contributed by atoms with van der Waals surface area (Å²) >= 11 is 0. The van der Waals surface area contributed by atoms with E-state index in [1.165, 1.54) is 10.8 Å². The first-order valence-corrected chi connectivity index (χ1v) is 6.40. The largest absolute Gasteiger partial charge is 0.0683 e. The maximum Gasteiger partial charge on any atom is -0.0184 e. The Morgan fingerprint density at radius 1 is 0.438 bits per heavy atom. The van der Waals surface area contributed by atoms with Gasteiger partial charge in [-0.15, -0.1) is 0 Å². The van der Waals surface area contributed by atoms with Crippen molar-refractivity contribution in [2.45, 2.75) is 41.5 Å². The van der Waals surface area contributed by atoms with Crippen molar-refractivity contribution in [1.29, 1.82) is 0 Å². The molecule has 0 heterocycles.